The summed E-state index contributed by atoms with van der Waals surface area (Å²) in [6, 6.07) is 7.98. The van der Waals surface area contributed by atoms with E-state index >= 15 is 0 Å². The average Bonchev–Trinajstić information content (AvgIpc) is 2.32. The molecule has 0 unspecified atom stereocenters. The highest BCUT2D eigenvalue weighted by Crippen LogP contribution is 2.19. The zero-order chi connectivity index (χ0) is 16.1. The lowest BCUT2D eigenvalue weighted by Gasteiger charge is -2.22. The van der Waals surface area contributed by atoms with E-state index in [9.17, 15) is 4.79 Å². The van der Waals surface area contributed by atoms with Gasteiger partial charge in [-0.25, -0.2) is 4.79 Å². The summed E-state index contributed by atoms with van der Waals surface area (Å²) in [5, 5.41) is 6.22. The predicted octanol–water partition coefficient (Wildman–Crippen LogP) is 4.17. The Morgan fingerprint density at radius 2 is 1.71 bits per heavy atom. The first kappa shape index (κ1) is 17.3. The van der Waals surface area contributed by atoms with Crippen LogP contribution in [0.4, 0.5) is 10.5 Å². The molecule has 0 fully saturated rings. The monoisotopic (exact) mass is 292 g/mol. The van der Waals surface area contributed by atoms with Crippen molar-refractivity contribution in [2.24, 2.45) is 5.41 Å². The van der Waals surface area contributed by atoms with Gasteiger partial charge in [0.25, 0.3) is 0 Å². The summed E-state index contributed by atoms with van der Waals surface area (Å²) in [5.74, 6) is 0. The Balaban J connectivity index is 2.61. The van der Waals surface area contributed by atoms with Crippen LogP contribution in [-0.2, 0) is 11.3 Å². The molecule has 21 heavy (non-hydrogen) atoms. The number of ether oxygens (including phenoxy) is 1. The number of para-hydroxylation sites is 1. The van der Waals surface area contributed by atoms with Crippen molar-refractivity contribution in [1.29, 1.82) is 0 Å². The highest BCUT2D eigenvalue weighted by molar-refractivity contribution is 5.68. The van der Waals surface area contributed by atoms with Gasteiger partial charge in [0.1, 0.15) is 5.60 Å². The van der Waals surface area contributed by atoms with E-state index < -0.39 is 11.7 Å². The highest BCUT2D eigenvalue weighted by Gasteiger charge is 2.16. The zero-order valence-electron chi connectivity index (χ0n) is 14.0. The predicted molar refractivity (Wildman–Crippen MR) is 87.5 cm³/mol. The number of carbonyl (C=O) groups excluding carboxylic acids is 1. The van der Waals surface area contributed by atoms with E-state index in [-0.39, 0.29) is 5.41 Å². The van der Waals surface area contributed by atoms with Crippen molar-refractivity contribution in [3.05, 3.63) is 29.8 Å². The highest BCUT2D eigenvalue weighted by atomic mass is 16.6. The minimum atomic E-state index is -0.478. The van der Waals surface area contributed by atoms with Gasteiger partial charge in [-0.3, -0.25) is 0 Å². The van der Waals surface area contributed by atoms with Crippen LogP contribution in [0.1, 0.15) is 47.1 Å². The summed E-state index contributed by atoms with van der Waals surface area (Å²) in [6.45, 7) is 13.4. The number of carbonyl (C=O) groups is 1. The molecule has 4 nitrogen and oxygen atoms in total. The van der Waals surface area contributed by atoms with E-state index in [2.05, 4.69) is 31.4 Å². The third-order valence-corrected chi connectivity index (χ3v) is 2.65. The SMILES string of the molecule is CC(C)(C)CNc1ccccc1CNC(=O)OC(C)(C)C. The fourth-order valence-electron chi connectivity index (χ4n) is 1.69. The molecular formula is C17H28N2O2. The van der Waals surface area contributed by atoms with Gasteiger partial charge in [0.15, 0.2) is 0 Å². The molecule has 1 rings (SSSR count). The standard InChI is InChI=1S/C17H28N2O2/c1-16(2,3)12-19-14-10-8-7-9-13(14)11-18-15(20)21-17(4,5)6/h7-10,19H,11-12H2,1-6H3,(H,18,20). The summed E-state index contributed by atoms with van der Waals surface area (Å²) in [6.07, 6.45) is -0.395. The van der Waals surface area contributed by atoms with Crippen LogP contribution < -0.4 is 10.6 Å². The maximum Gasteiger partial charge on any atom is 0.407 e. The van der Waals surface area contributed by atoms with Gasteiger partial charge in [-0.2, -0.15) is 0 Å². The molecule has 1 aromatic rings. The van der Waals surface area contributed by atoms with E-state index in [1.54, 1.807) is 0 Å². The second kappa shape index (κ2) is 6.83. The maximum absolute atomic E-state index is 11.7. The summed E-state index contributed by atoms with van der Waals surface area (Å²) in [7, 11) is 0. The minimum absolute atomic E-state index is 0.200. The van der Waals surface area contributed by atoms with Crippen molar-refractivity contribution in [3.8, 4) is 0 Å². The molecule has 0 aromatic heterocycles. The molecule has 0 bridgehead atoms. The number of alkyl carbamates (subject to hydrolysis) is 1. The molecule has 0 radical (unpaired) electrons. The van der Waals surface area contributed by atoms with E-state index in [4.69, 9.17) is 4.74 Å². The smallest absolute Gasteiger partial charge is 0.407 e. The molecule has 0 heterocycles. The Labute approximate surface area is 128 Å². The van der Waals surface area contributed by atoms with Gasteiger partial charge in [-0.15, -0.1) is 0 Å². The molecule has 0 aliphatic rings. The molecule has 0 spiro atoms. The first-order valence-corrected chi connectivity index (χ1v) is 7.35. The first-order chi connectivity index (χ1) is 9.57. The molecule has 0 atom stereocenters. The number of rotatable bonds is 4. The van der Waals surface area contributed by atoms with Crippen molar-refractivity contribution in [2.45, 2.75) is 53.7 Å². The average molecular weight is 292 g/mol. The molecule has 0 aliphatic heterocycles. The largest absolute Gasteiger partial charge is 0.444 e. The Morgan fingerprint density at radius 3 is 2.29 bits per heavy atom. The van der Waals surface area contributed by atoms with Crippen molar-refractivity contribution < 1.29 is 9.53 Å². The van der Waals surface area contributed by atoms with Crippen molar-refractivity contribution in [3.63, 3.8) is 0 Å². The molecular weight excluding hydrogens is 264 g/mol. The quantitative estimate of drug-likeness (QED) is 0.875. The number of nitrogens with one attached hydrogen (secondary N) is 2. The Hall–Kier alpha value is -1.71. The number of anilines is 1. The van der Waals surface area contributed by atoms with Gasteiger partial charge in [-0.05, 0) is 37.8 Å². The van der Waals surface area contributed by atoms with Gasteiger partial charge in [0.2, 0.25) is 0 Å². The fraction of sp³-hybridized carbons (Fsp3) is 0.588. The van der Waals surface area contributed by atoms with Crippen molar-refractivity contribution in [2.75, 3.05) is 11.9 Å². The van der Waals surface area contributed by atoms with E-state index in [0.717, 1.165) is 17.8 Å². The van der Waals surface area contributed by atoms with Gasteiger partial charge in [-0.1, -0.05) is 39.0 Å². The molecule has 1 amide bonds. The fourth-order valence-corrected chi connectivity index (χ4v) is 1.69. The van der Waals surface area contributed by atoms with Crippen LogP contribution in [0.3, 0.4) is 0 Å². The van der Waals surface area contributed by atoms with E-state index in [1.807, 2.05) is 45.0 Å². The van der Waals surface area contributed by atoms with Crippen LogP contribution in [0.25, 0.3) is 0 Å². The first-order valence-electron chi connectivity index (χ1n) is 7.35. The second-order valence-electron chi connectivity index (χ2n) is 7.43. The topological polar surface area (TPSA) is 50.4 Å². The molecule has 4 heteroatoms. The molecule has 2 N–H and O–H groups in total. The lowest BCUT2D eigenvalue weighted by atomic mass is 9.96. The van der Waals surface area contributed by atoms with Crippen LogP contribution >= 0.6 is 0 Å². The van der Waals surface area contributed by atoms with Crippen molar-refractivity contribution >= 4 is 11.8 Å². The van der Waals surface area contributed by atoms with E-state index in [1.165, 1.54) is 0 Å². The summed E-state index contributed by atoms with van der Waals surface area (Å²) < 4.78 is 5.24. The Kier molecular flexibility index (Phi) is 5.64. The number of amides is 1. The van der Waals surface area contributed by atoms with Crippen LogP contribution in [0.5, 0.6) is 0 Å². The van der Waals surface area contributed by atoms with Crippen molar-refractivity contribution in [1.82, 2.24) is 5.32 Å². The number of hydrogen-bond acceptors (Lipinski definition) is 3. The maximum atomic E-state index is 11.7. The van der Waals surface area contributed by atoms with Gasteiger partial charge >= 0.3 is 6.09 Å². The normalized spacial score (nSPS) is 11.9. The molecule has 0 aliphatic carbocycles. The molecule has 118 valence electrons. The number of benzene rings is 1. The zero-order valence-corrected chi connectivity index (χ0v) is 14.0. The summed E-state index contributed by atoms with van der Waals surface area (Å²) in [4.78, 5) is 11.7. The van der Waals surface area contributed by atoms with Gasteiger partial charge in [0.05, 0.1) is 0 Å². The number of hydrogen-bond donors (Lipinski definition) is 2. The molecule has 0 saturated heterocycles. The summed E-state index contributed by atoms with van der Waals surface area (Å²) in [5.41, 5.74) is 1.82. The lowest BCUT2D eigenvalue weighted by Crippen LogP contribution is -2.32. The third-order valence-electron chi connectivity index (χ3n) is 2.65. The summed E-state index contributed by atoms with van der Waals surface area (Å²) >= 11 is 0. The molecule has 0 saturated carbocycles. The lowest BCUT2D eigenvalue weighted by molar-refractivity contribution is 0.0523. The Bertz CT molecular complexity index is 470. The van der Waals surface area contributed by atoms with Gasteiger partial charge in [0, 0.05) is 18.8 Å². The van der Waals surface area contributed by atoms with Crippen LogP contribution in [0, 0.1) is 5.41 Å². The molecule has 1 aromatic carbocycles. The second-order valence-corrected chi connectivity index (χ2v) is 7.43. The van der Waals surface area contributed by atoms with E-state index in [0.29, 0.717) is 6.54 Å². The van der Waals surface area contributed by atoms with Crippen LogP contribution in [0.2, 0.25) is 0 Å². The van der Waals surface area contributed by atoms with Crippen LogP contribution in [-0.4, -0.2) is 18.2 Å². The minimum Gasteiger partial charge on any atom is -0.444 e. The van der Waals surface area contributed by atoms with Gasteiger partial charge < -0.3 is 15.4 Å². The van der Waals surface area contributed by atoms with Crippen LogP contribution in [0.15, 0.2) is 24.3 Å². The third kappa shape index (κ3) is 7.59. The Morgan fingerprint density at radius 1 is 1.10 bits per heavy atom.